The molecule has 0 saturated carbocycles. The number of aromatic nitrogens is 2. The first-order valence-corrected chi connectivity index (χ1v) is 6.20. The molecule has 0 aromatic carbocycles. The summed E-state index contributed by atoms with van der Waals surface area (Å²) < 4.78 is 43.7. The molecule has 0 aliphatic heterocycles. The minimum absolute atomic E-state index is 0.0552. The van der Waals surface area contributed by atoms with Crippen LogP contribution in [-0.2, 0) is 10.9 Å². The average Bonchev–Trinajstić information content (AvgIpc) is 2.35. The van der Waals surface area contributed by atoms with E-state index < -0.39 is 41.0 Å². The van der Waals surface area contributed by atoms with Crippen LogP contribution in [0.25, 0.3) is 6.08 Å². The van der Waals surface area contributed by atoms with Crippen molar-refractivity contribution in [3.63, 3.8) is 0 Å². The molecule has 1 rings (SSSR count). The molecule has 0 unspecified atom stereocenters. The highest BCUT2D eigenvalue weighted by Crippen LogP contribution is 2.33. The largest absolute Gasteiger partial charge is 0.464 e. The van der Waals surface area contributed by atoms with Gasteiger partial charge < -0.3 is 9.84 Å². The summed E-state index contributed by atoms with van der Waals surface area (Å²) in [6, 6.07) is 0.391. The molecule has 1 N–H and O–H groups in total. The van der Waals surface area contributed by atoms with Crippen LogP contribution < -0.4 is 4.90 Å². The fourth-order valence-corrected chi connectivity index (χ4v) is 1.46. The normalized spacial score (nSPS) is 11.7. The van der Waals surface area contributed by atoms with Gasteiger partial charge in [0.15, 0.2) is 5.82 Å². The number of hydrogen-bond donors (Lipinski definition) is 1. The van der Waals surface area contributed by atoms with Gasteiger partial charge in [-0.15, -0.1) is 10.2 Å². The fraction of sp³-hybridized carbons (Fsp3) is 0.385. The second kappa shape index (κ2) is 6.23. The number of imide groups is 1. The first-order valence-electron chi connectivity index (χ1n) is 6.20. The van der Waals surface area contributed by atoms with E-state index in [4.69, 9.17) is 9.84 Å². The van der Waals surface area contributed by atoms with Crippen molar-refractivity contribution >= 4 is 24.1 Å². The highest BCUT2D eigenvalue weighted by atomic mass is 19.4. The van der Waals surface area contributed by atoms with Crippen LogP contribution in [0.4, 0.5) is 28.6 Å². The second-order valence-corrected chi connectivity index (χ2v) is 5.30. The Labute approximate surface area is 129 Å². The van der Waals surface area contributed by atoms with Gasteiger partial charge in [-0.05, 0) is 32.9 Å². The number of nitrogens with zero attached hydrogens (tertiary/aromatic N) is 3. The quantitative estimate of drug-likeness (QED) is 0.889. The van der Waals surface area contributed by atoms with E-state index >= 15 is 0 Å². The molecule has 1 aromatic rings. The van der Waals surface area contributed by atoms with Crippen LogP contribution in [0.15, 0.2) is 12.6 Å². The predicted octanol–water partition coefficient (Wildman–Crippen LogP) is 3.56. The molecule has 0 aliphatic carbocycles. The number of hydrogen-bond acceptors (Lipinski definition) is 5. The van der Waals surface area contributed by atoms with E-state index in [1.807, 2.05) is 0 Å². The molecule has 7 nitrogen and oxygen atoms in total. The number of carboxylic acid groups (broad SMARTS) is 1. The summed E-state index contributed by atoms with van der Waals surface area (Å²) in [6.07, 6.45) is -7.25. The van der Waals surface area contributed by atoms with Crippen LogP contribution >= 0.6 is 0 Å². The Balaban J connectivity index is 3.37. The number of ether oxygens (including phenoxy) is 1. The van der Waals surface area contributed by atoms with Crippen LogP contribution in [0, 0.1) is 0 Å². The van der Waals surface area contributed by atoms with Crippen molar-refractivity contribution in [2.75, 3.05) is 4.90 Å². The van der Waals surface area contributed by atoms with Crippen LogP contribution in [-0.4, -0.2) is 33.1 Å². The molecule has 1 heterocycles. The maximum atomic E-state index is 13.0. The highest BCUT2D eigenvalue weighted by Gasteiger charge is 2.37. The van der Waals surface area contributed by atoms with E-state index in [9.17, 15) is 22.8 Å². The number of rotatable bonds is 2. The molecule has 0 spiro atoms. The van der Waals surface area contributed by atoms with Crippen molar-refractivity contribution in [1.82, 2.24) is 10.2 Å². The molecule has 0 bridgehead atoms. The Kier molecular flexibility index (Phi) is 4.98. The molecule has 0 atom stereocenters. The van der Waals surface area contributed by atoms with Crippen LogP contribution in [0.5, 0.6) is 0 Å². The minimum Gasteiger partial charge on any atom is -0.464 e. The number of halogens is 3. The standard InChI is InChI=1S/C13H14F3N3O4/c1-5-8-7(13(14,15)16)6-9(18-17-8)19(10(20)21)11(22)23-12(2,3)4/h5-6H,1H2,2-4H3,(H,20,21). The van der Waals surface area contributed by atoms with Gasteiger partial charge in [-0.3, -0.25) is 0 Å². The maximum Gasteiger partial charge on any atom is 0.425 e. The first-order chi connectivity index (χ1) is 10.4. The van der Waals surface area contributed by atoms with Crippen molar-refractivity contribution in [3.8, 4) is 0 Å². The Morgan fingerprint density at radius 2 is 1.87 bits per heavy atom. The fourth-order valence-electron chi connectivity index (χ4n) is 1.46. The lowest BCUT2D eigenvalue weighted by atomic mass is 10.2. The summed E-state index contributed by atoms with van der Waals surface area (Å²) in [5.41, 5.74) is -2.91. The SMILES string of the molecule is C=Cc1nnc(N(C(=O)O)C(=O)OC(C)(C)C)cc1C(F)(F)F. The molecule has 10 heteroatoms. The van der Waals surface area contributed by atoms with Crippen molar-refractivity contribution in [2.45, 2.75) is 32.5 Å². The molecule has 0 fully saturated rings. The number of carbonyl (C=O) groups is 2. The Bertz CT molecular complexity index is 638. The van der Waals surface area contributed by atoms with Crippen LogP contribution in [0.3, 0.4) is 0 Å². The van der Waals surface area contributed by atoms with E-state index in [-0.39, 0.29) is 4.90 Å². The van der Waals surface area contributed by atoms with Gasteiger partial charge in [-0.1, -0.05) is 6.58 Å². The molecular formula is C13H14F3N3O4. The third-order valence-electron chi connectivity index (χ3n) is 2.30. The van der Waals surface area contributed by atoms with Crippen LogP contribution in [0.2, 0.25) is 0 Å². The number of amides is 2. The molecular weight excluding hydrogens is 319 g/mol. The van der Waals surface area contributed by atoms with E-state index in [0.29, 0.717) is 6.07 Å². The van der Waals surface area contributed by atoms with E-state index in [1.54, 1.807) is 0 Å². The first kappa shape index (κ1) is 18.4. The number of alkyl halides is 3. The predicted molar refractivity (Wildman–Crippen MR) is 73.9 cm³/mol. The smallest absolute Gasteiger partial charge is 0.425 e. The molecule has 0 aliphatic rings. The van der Waals surface area contributed by atoms with Gasteiger partial charge in [0.05, 0.1) is 11.3 Å². The van der Waals surface area contributed by atoms with Gasteiger partial charge in [0, 0.05) is 0 Å². The Morgan fingerprint density at radius 3 is 2.26 bits per heavy atom. The summed E-state index contributed by atoms with van der Waals surface area (Å²) in [5, 5.41) is 15.6. The lowest BCUT2D eigenvalue weighted by Gasteiger charge is -2.24. The maximum absolute atomic E-state index is 13.0. The topological polar surface area (TPSA) is 92.6 Å². The zero-order valence-corrected chi connectivity index (χ0v) is 12.5. The van der Waals surface area contributed by atoms with Crippen molar-refractivity contribution < 1.29 is 32.6 Å². The average molecular weight is 333 g/mol. The number of carbonyl (C=O) groups excluding carboxylic acids is 1. The summed E-state index contributed by atoms with van der Waals surface area (Å²) in [4.78, 5) is 23.0. The van der Waals surface area contributed by atoms with Gasteiger partial charge in [0.1, 0.15) is 5.60 Å². The highest BCUT2D eigenvalue weighted by molar-refractivity contribution is 6.07. The zero-order valence-electron chi connectivity index (χ0n) is 12.5. The van der Waals surface area contributed by atoms with Crippen LogP contribution in [0.1, 0.15) is 32.0 Å². The van der Waals surface area contributed by atoms with Gasteiger partial charge in [0.2, 0.25) is 0 Å². The van der Waals surface area contributed by atoms with Crippen molar-refractivity contribution in [3.05, 3.63) is 23.9 Å². The van der Waals surface area contributed by atoms with Crippen molar-refractivity contribution in [1.29, 1.82) is 0 Å². The van der Waals surface area contributed by atoms with Gasteiger partial charge in [-0.25, -0.2) is 9.59 Å². The molecule has 2 amide bonds. The Hall–Kier alpha value is -2.65. The molecule has 0 radical (unpaired) electrons. The monoisotopic (exact) mass is 333 g/mol. The molecule has 126 valence electrons. The Morgan fingerprint density at radius 1 is 1.30 bits per heavy atom. The summed E-state index contributed by atoms with van der Waals surface area (Å²) >= 11 is 0. The second-order valence-electron chi connectivity index (χ2n) is 5.30. The molecule has 23 heavy (non-hydrogen) atoms. The third-order valence-corrected chi connectivity index (χ3v) is 2.30. The summed E-state index contributed by atoms with van der Waals surface area (Å²) in [7, 11) is 0. The molecule has 1 aromatic heterocycles. The summed E-state index contributed by atoms with van der Waals surface area (Å²) in [6.45, 7) is 7.59. The van der Waals surface area contributed by atoms with E-state index in [2.05, 4.69) is 16.8 Å². The van der Waals surface area contributed by atoms with Gasteiger partial charge in [0.25, 0.3) is 0 Å². The zero-order chi connectivity index (χ0) is 18.0. The lowest BCUT2D eigenvalue weighted by Crippen LogP contribution is -2.41. The minimum atomic E-state index is -4.83. The molecule has 0 saturated heterocycles. The van der Waals surface area contributed by atoms with Crippen molar-refractivity contribution in [2.24, 2.45) is 0 Å². The van der Waals surface area contributed by atoms with E-state index in [1.165, 1.54) is 20.8 Å². The van der Waals surface area contributed by atoms with Gasteiger partial charge in [-0.2, -0.15) is 18.1 Å². The lowest BCUT2D eigenvalue weighted by molar-refractivity contribution is -0.138. The van der Waals surface area contributed by atoms with E-state index in [0.717, 1.165) is 6.08 Å². The summed E-state index contributed by atoms with van der Waals surface area (Å²) in [5.74, 6) is -0.829. The third kappa shape index (κ3) is 4.66. The number of anilines is 1. The van der Waals surface area contributed by atoms with Gasteiger partial charge >= 0.3 is 18.4 Å².